The van der Waals surface area contributed by atoms with Crippen molar-refractivity contribution in [3.05, 3.63) is 22.8 Å². The smallest absolute Gasteiger partial charge is 0.334 e. The first-order valence-electron chi connectivity index (χ1n) is 10.1. The van der Waals surface area contributed by atoms with Crippen LogP contribution in [-0.4, -0.2) is 53.5 Å². The van der Waals surface area contributed by atoms with E-state index < -0.39 is 11.2 Å². The van der Waals surface area contributed by atoms with Crippen LogP contribution in [0.25, 0.3) is 0 Å². The molecule has 6 nitrogen and oxygen atoms in total. The second-order valence-corrected chi connectivity index (χ2v) is 9.10. The van der Waals surface area contributed by atoms with Gasteiger partial charge in [-0.3, -0.25) is 4.79 Å². The number of epoxide rings is 2. The minimum Gasteiger partial charge on any atom is -0.458 e. The van der Waals surface area contributed by atoms with Crippen LogP contribution in [0.15, 0.2) is 22.8 Å². The molecule has 0 bridgehead atoms. The number of fused-ring (bicyclic) bond motifs is 2. The number of aliphatic hydroxyl groups is 1. The highest BCUT2D eigenvalue weighted by Crippen LogP contribution is 2.77. The lowest BCUT2D eigenvalue weighted by molar-refractivity contribution is -0.136. The molecule has 3 aliphatic heterocycles. The van der Waals surface area contributed by atoms with Gasteiger partial charge < -0.3 is 19.3 Å². The molecule has 6 rings (SSSR count). The zero-order valence-electron chi connectivity index (χ0n) is 15.5. The van der Waals surface area contributed by atoms with Gasteiger partial charge in [-0.1, -0.05) is 6.92 Å². The highest BCUT2D eigenvalue weighted by atomic mass is 16.7. The van der Waals surface area contributed by atoms with E-state index >= 15 is 0 Å². The van der Waals surface area contributed by atoms with Gasteiger partial charge >= 0.3 is 5.97 Å². The van der Waals surface area contributed by atoms with Gasteiger partial charge in [0.15, 0.2) is 11.4 Å². The summed E-state index contributed by atoms with van der Waals surface area (Å²) in [5.74, 6) is 0.102. The normalized spacial score (nSPS) is 48.7. The third-order valence-corrected chi connectivity index (χ3v) is 8.14. The van der Waals surface area contributed by atoms with E-state index in [1.165, 1.54) is 0 Å². The molecule has 6 heteroatoms. The minimum absolute atomic E-state index is 0.0858. The highest BCUT2D eigenvalue weighted by molar-refractivity contribution is 6.08. The van der Waals surface area contributed by atoms with Gasteiger partial charge in [-0.25, -0.2) is 4.79 Å². The van der Waals surface area contributed by atoms with Crippen molar-refractivity contribution in [3.63, 3.8) is 0 Å². The highest BCUT2D eigenvalue weighted by Gasteiger charge is 2.92. The first-order valence-corrected chi connectivity index (χ1v) is 10.1. The number of aliphatic hydroxyl groups excluding tert-OH is 1. The Balaban J connectivity index is 1.40. The molecule has 0 radical (unpaired) electrons. The van der Waals surface area contributed by atoms with E-state index in [1.807, 2.05) is 6.08 Å². The summed E-state index contributed by atoms with van der Waals surface area (Å²) < 4.78 is 17.9. The summed E-state index contributed by atoms with van der Waals surface area (Å²) >= 11 is 0. The van der Waals surface area contributed by atoms with E-state index in [2.05, 4.69) is 6.92 Å². The van der Waals surface area contributed by atoms with Crippen LogP contribution in [0.5, 0.6) is 0 Å². The molecule has 144 valence electrons. The standard InChI is InChI=1S/C21H24O6/c1-19-6-5-12-13(10-25-18(12)24)14(19)9-15-20(26-15)17(23)11(4-2-3-7-22)8-16-21(19,20)27-16/h8,14-16,22H,2-7,9-10H2,1H3/t14-,15-,16-,19-,20+,21+/m0/s1. The van der Waals surface area contributed by atoms with Crippen LogP contribution in [0.2, 0.25) is 0 Å². The van der Waals surface area contributed by atoms with E-state index in [0.717, 1.165) is 36.0 Å². The molecular formula is C21H24O6. The fourth-order valence-corrected chi connectivity index (χ4v) is 6.75. The lowest BCUT2D eigenvalue weighted by atomic mass is 9.48. The second-order valence-electron chi connectivity index (χ2n) is 9.10. The van der Waals surface area contributed by atoms with E-state index in [1.54, 1.807) is 0 Å². The number of hydrogen-bond acceptors (Lipinski definition) is 6. The van der Waals surface area contributed by atoms with Crippen molar-refractivity contribution in [2.24, 2.45) is 11.3 Å². The number of ketones is 1. The molecule has 2 spiro atoms. The van der Waals surface area contributed by atoms with Crippen molar-refractivity contribution < 1.29 is 28.9 Å². The summed E-state index contributed by atoms with van der Waals surface area (Å²) in [5.41, 5.74) is 1.14. The minimum atomic E-state index is -0.826. The van der Waals surface area contributed by atoms with E-state index in [-0.39, 0.29) is 41.9 Å². The maximum absolute atomic E-state index is 13.4. The van der Waals surface area contributed by atoms with Crippen LogP contribution in [0.3, 0.4) is 0 Å². The first-order chi connectivity index (χ1) is 13.0. The quantitative estimate of drug-likeness (QED) is 0.458. The first kappa shape index (κ1) is 16.5. The Bertz CT molecular complexity index is 842. The molecule has 0 amide bonds. The topological polar surface area (TPSA) is 88.7 Å². The monoisotopic (exact) mass is 372 g/mol. The molecule has 3 heterocycles. The van der Waals surface area contributed by atoms with Gasteiger partial charge in [0.05, 0.1) is 6.10 Å². The Kier molecular flexibility index (Phi) is 2.99. The molecule has 0 aromatic rings. The Morgan fingerprint density at radius 3 is 2.93 bits per heavy atom. The number of hydrogen-bond donors (Lipinski definition) is 1. The van der Waals surface area contributed by atoms with Gasteiger partial charge in [-0.05, 0) is 61.7 Å². The predicted octanol–water partition coefficient (Wildman–Crippen LogP) is 1.61. The maximum Gasteiger partial charge on any atom is 0.334 e. The largest absolute Gasteiger partial charge is 0.458 e. The molecule has 1 N–H and O–H groups in total. The Morgan fingerprint density at radius 2 is 2.11 bits per heavy atom. The van der Waals surface area contributed by atoms with Crippen molar-refractivity contribution in [2.75, 3.05) is 13.2 Å². The predicted molar refractivity (Wildman–Crippen MR) is 92.7 cm³/mol. The van der Waals surface area contributed by atoms with Gasteiger partial charge in [0.2, 0.25) is 0 Å². The number of rotatable bonds is 4. The summed E-state index contributed by atoms with van der Waals surface area (Å²) in [5, 5.41) is 9.03. The third kappa shape index (κ3) is 1.66. The molecule has 1 saturated carbocycles. The SMILES string of the molecule is C[C@]12CCC3=C(COC3=O)[C@@H]1C[C@@H]1O[C@@]13C(=O)C(CCCCO)=C[C@@H]1O[C@]123. The van der Waals surface area contributed by atoms with E-state index in [9.17, 15) is 9.59 Å². The van der Waals surface area contributed by atoms with Crippen molar-refractivity contribution in [1.82, 2.24) is 0 Å². The van der Waals surface area contributed by atoms with Crippen molar-refractivity contribution >= 4 is 11.8 Å². The zero-order valence-corrected chi connectivity index (χ0v) is 15.5. The zero-order chi connectivity index (χ0) is 18.6. The van der Waals surface area contributed by atoms with Crippen LogP contribution >= 0.6 is 0 Å². The van der Waals surface area contributed by atoms with Gasteiger partial charge in [-0.2, -0.15) is 0 Å². The van der Waals surface area contributed by atoms with Gasteiger partial charge in [0.1, 0.15) is 18.3 Å². The fraction of sp³-hybridized carbons (Fsp3) is 0.714. The summed E-state index contributed by atoms with van der Waals surface area (Å²) in [6.07, 6.45) is 6.24. The van der Waals surface area contributed by atoms with Gasteiger partial charge in [-0.15, -0.1) is 0 Å². The summed E-state index contributed by atoms with van der Waals surface area (Å²) in [7, 11) is 0. The number of esters is 1. The Labute approximate surface area is 157 Å². The fourth-order valence-electron chi connectivity index (χ4n) is 6.75. The lowest BCUT2D eigenvalue weighted by Gasteiger charge is -2.51. The number of ether oxygens (including phenoxy) is 3. The van der Waals surface area contributed by atoms with Crippen molar-refractivity contribution in [1.29, 1.82) is 0 Å². The average Bonchev–Trinajstić information content (AvgIpc) is 3.52. The Morgan fingerprint density at radius 1 is 1.26 bits per heavy atom. The molecule has 6 atom stereocenters. The van der Waals surface area contributed by atoms with Crippen molar-refractivity contribution in [3.8, 4) is 0 Å². The number of carbonyl (C=O) groups excluding carboxylic acids is 2. The third-order valence-electron chi connectivity index (χ3n) is 8.14. The molecule has 3 fully saturated rings. The molecule has 3 aliphatic carbocycles. The number of Topliss-reactive ketones (excluding diaryl/α,β-unsaturated/α-hetero) is 1. The number of carbonyl (C=O) groups is 2. The van der Waals surface area contributed by atoms with Crippen LogP contribution < -0.4 is 0 Å². The lowest BCUT2D eigenvalue weighted by Crippen LogP contribution is -2.63. The second kappa shape index (κ2) is 4.91. The van der Waals surface area contributed by atoms with E-state index in [0.29, 0.717) is 25.9 Å². The van der Waals surface area contributed by atoms with Gasteiger partial charge in [0, 0.05) is 17.6 Å². The number of cyclic esters (lactones) is 1. The maximum atomic E-state index is 13.4. The molecular weight excluding hydrogens is 348 g/mol. The Hall–Kier alpha value is -1.50. The summed E-state index contributed by atoms with van der Waals surface area (Å²) in [4.78, 5) is 25.5. The van der Waals surface area contributed by atoms with Crippen LogP contribution in [-0.2, 0) is 23.8 Å². The number of unbranched alkanes of at least 4 members (excludes halogenated alkanes) is 1. The molecule has 0 aromatic heterocycles. The summed E-state index contributed by atoms with van der Waals surface area (Å²) in [6.45, 7) is 2.75. The van der Waals surface area contributed by atoms with E-state index in [4.69, 9.17) is 19.3 Å². The van der Waals surface area contributed by atoms with Crippen LogP contribution in [0.1, 0.15) is 45.4 Å². The molecule has 2 saturated heterocycles. The molecule has 0 aromatic carbocycles. The molecule has 0 unspecified atom stereocenters. The van der Waals surface area contributed by atoms with Gasteiger partial charge in [0.25, 0.3) is 0 Å². The van der Waals surface area contributed by atoms with Crippen LogP contribution in [0, 0.1) is 11.3 Å². The molecule has 27 heavy (non-hydrogen) atoms. The van der Waals surface area contributed by atoms with Crippen LogP contribution in [0.4, 0.5) is 0 Å². The molecule has 6 aliphatic rings. The summed E-state index contributed by atoms with van der Waals surface area (Å²) in [6, 6.07) is 0. The van der Waals surface area contributed by atoms with Crippen molar-refractivity contribution in [2.45, 2.75) is 68.9 Å². The average molecular weight is 372 g/mol.